The Hall–Kier alpha value is -1.26. The Morgan fingerprint density at radius 1 is 1.60 bits per heavy atom. The second-order valence-electron chi connectivity index (χ2n) is 3.33. The fourth-order valence-electron chi connectivity index (χ4n) is 1.10. The van der Waals surface area contributed by atoms with Gasteiger partial charge in [0.1, 0.15) is 0 Å². The molecule has 0 aliphatic carbocycles. The van der Waals surface area contributed by atoms with Crippen LogP contribution in [0.25, 0.3) is 0 Å². The molecule has 0 saturated carbocycles. The molecule has 4 nitrogen and oxygen atoms in total. The molecule has 0 aromatic heterocycles. The largest absolute Gasteiger partial charge is 0.399 e. The van der Waals surface area contributed by atoms with E-state index in [0.717, 1.165) is 0 Å². The zero-order valence-corrected chi connectivity index (χ0v) is 9.08. The van der Waals surface area contributed by atoms with E-state index >= 15 is 0 Å². The number of rotatable bonds is 3. The van der Waals surface area contributed by atoms with Crippen LogP contribution in [0, 0.1) is 0 Å². The molecule has 0 aliphatic heterocycles. The number of aliphatic hydroxyl groups excluding tert-OH is 1. The zero-order chi connectivity index (χ0) is 11.4. The van der Waals surface area contributed by atoms with E-state index in [0.29, 0.717) is 16.3 Å². The number of amides is 1. The number of halogens is 1. The molecule has 0 heterocycles. The number of nitrogen functional groups attached to an aromatic ring is 1. The Balaban J connectivity index is 2.82. The van der Waals surface area contributed by atoms with Crippen LogP contribution in [0.3, 0.4) is 0 Å². The molecule has 4 N–H and O–H groups in total. The molecule has 1 atom stereocenters. The molecule has 0 bridgehead atoms. The lowest BCUT2D eigenvalue weighted by atomic mass is 10.2. The molecule has 1 aromatic rings. The van der Waals surface area contributed by atoms with Crippen molar-refractivity contribution in [2.24, 2.45) is 0 Å². The third-order valence-electron chi connectivity index (χ3n) is 1.83. The van der Waals surface area contributed by atoms with E-state index in [-0.39, 0.29) is 18.6 Å². The summed E-state index contributed by atoms with van der Waals surface area (Å²) in [6.07, 6.45) is 0. The van der Waals surface area contributed by atoms with Crippen molar-refractivity contribution in [3.8, 4) is 0 Å². The van der Waals surface area contributed by atoms with Gasteiger partial charge in [-0.2, -0.15) is 0 Å². The fraction of sp³-hybridized carbons (Fsp3) is 0.300. The molecule has 0 unspecified atom stereocenters. The SMILES string of the molecule is C[C@H](CO)NC(=O)c1cc(N)cc(Cl)c1. The number of aliphatic hydroxyl groups is 1. The lowest BCUT2D eigenvalue weighted by Gasteiger charge is -2.11. The van der Waals surface area contributed by atoms with Crippen LogP contribution in [0.4, 0.5) is 5.69 Å². The van der Waals surface area contributed by atoms with E-state index in [1.54, 1.807) is 13.0 Å². The summed E-state index contributed by atoms with van der Waals surface area (Å²) in [5.41, 5.74) is 6.37. The first-order valence-corrected chi connectivity index (χ1v) is 4.88. The standard InChI is InChI=1S/C10H13ClN2O2/c1-6(5-14)13-10(15)7-2-8(11)4-9(12)3-7/h2-4,6,14H,5,12H2,1H3,(H,13,15)/t6-/m1/s1. The van der Waals surface area contributed by atoms with Crippen LogP contribution in [0.15, 0.2) is 18.2 Å². The summed E-state index contributed by atoms with van der Waals surface area (Å²) < 4.78 is 0. The summed E-state index contributed by atoms with van der Waals surface area (Å²) in [6, 6.07) is 4.33. The molecule has 15 heavy (non-hydrogen) atoms. The van der Waals surface area contributed by atoms with Gasteiger partial charge in [-0.05, 0) is 25.1 Å². The minimum Gasteiger partial charge on any atom is -0.399 e. The lowest BCUT2D eigenvalue weighted by Crippen LogP contribution is -2.35. The second kappa shape index (κ2) is 5.00. The quantitative estimate of drug-likeness (QED) is 0.677. The zero-order valence-electron chi connectivity index (χ0n) is 8.33. The van der Waals surface area contributed by atoms with Crippen molar-refractivity contribution in [1.29, 1.82) is 0 Å². The van der Waals surface area contributed by atoms with Crippen molar-refractivity contribution in [1.82, 2.24) is 5.32 Å². The first-order chi connectivity index (χ1) is 7.02. The summed E-state index contributed by atoms with van der Waals surface area (Å²) in [4.78, 5) is 11.6. The Bertz CT molecular complexity index is 348. The molecule has 1 rings (SSSR count). The highest BCUT2D eigenvalue weighted by Gasteiger charge is 2.09. The van der Waals surface area contributed by atoms with Gasteiger partial charge in [-0.1, -0.05) is 11.6 Å². The van der Waals surface area contributed by atoms with Gasteiger partial charge in [0.2, 0.25) is 0 Å². The van der Waals surface area contributed by atoms with Gasteiger partial charge in [-0.25, -0.2) is 0 Å². The van der Waals surface area contributed by atoms with Gasteiger partial charge < -0.3 is 16.2 Å². The second-order valence-corrected chi connectivity index (χ2v) is 3.77. The molecule has 5 heteroatoms. The van der Waals surface area contributed by atoms with Crippen LogP contribution in [0.2, 0.25) is 5.02 Å². The molecular formula is C10H13ClN2O2. The monoisotopic (exact) mass is 228 g/mol. The minimum atomic E-state index is -0.300. The predicted octanol–water partition coefficient (Wildman–Crippen LogP) is 1.03. The topological polar surface area (TPSA) is 75.3 Å². The van der Waals surface area contributed by atoms with Gasteiger partial charge in [-0.3, -0.25) is 4.79 Å². The molecule has 0 saturated heterocycles. The van der Waals surface area contributed by atoms with Crippen molar-refractivity contribution in [3.63, 3.8) is 0 Å². The number of nitrogens with two attached hydrogens (primary N) is 1. The molecule has 82 valence electrons. The van der Waals surface area contributed by atoms with Crippen molar-refractivity contribution in [3.05, 3.63) is 28.8 Å². The van der Waals surface area contributed by atoms with E-state index in [4.69, 9.17) is 22.4 Å². The van der Waals surface area contributed by atoms with Crippen LogP contribution in [-0.2, 0) is 0 Å². The van der Waals surface area contributed by atoms with Crippen molar-refractivity contribution >= 4 is 23.2 Å². The number of carbonyl (C=O) groups excluding carboxylic acids is 1. The van der Waals surface area contributed by atoms with Crippen molar-refractivity contribution < 1.29 is 9.90 Å². The molecule has 1 aromatic carbocycles. The van der Waals surface area contributed by atoms with Crippen molar-refractivity contribution in [2.45, 2.75) is 13.0 Å². The van der Waals surface area contributed by atoms with Crippen LogP contribution >= 0.6 is 11.6 Å². The number of hydrogen-bond acceptors (Lipinski definition) is 3. The van der Waals surface area contributed by atoms with Gasteiger partial charge in [0, 0.05) is 22.3 Å². The molecule has 0 spiro atoms. The minimum absolute atomic E-state index is 0.109. The van der Waals surface area contributed by atoms with Crippen LogP contribution in [0.1, 0.15) is 17.3 Å². The van der Waals surface area contributed by atoms with Crippen LogP contribution < -0.4 is 11.1 Å². The Morgan fingerprint density at radius 3 is 2.80 bits per heavy atom. The Labute approximate surface area is 93.0 Å². The highest BCUT2D eigenvalue weighted by Crippen LogP contribution is 2.16. The average molecular weight is 229 g/mol. The highest BCUT2D eigenvalue weighted by molar-refractivity contribution is 6.31. The Morgan fingerprint density at radius 2 is 2.27 bits per heavy atom. The number of anilines is 1. The van der Waals surface area contributed by atoms with Gasteiger partial charge >= 0.3 is 0 Å². The summed E-state index contributed by atoms with van der Waals surface area (Å²) >= 11 is 5.76. The van der Waals surface area contributed by atoms with Gasteiger partial charge in [-0.15, -0.1) is 0 Å². The molecular weight excluding hydrogens is 216 g/mol. The predicted molar refractivity (Wildman–Crippen MR) is 59.9 cm³/mol. The first-order valence-electron chi connectivity index (χ1n) is 4.50. The number of nitrogens with one attached hydrogen (secondary N) is 1. The number of hydrogen-bond donors (Lipinski definition) is 3. The first kappa shape index (κ1) is 11.8. The summed E-state index contributed by atoms with van der Waals surface area (Å²) in [5.74, 6) is -0.300. The summed E-state index contributed by atoms with van der Waals surface area (Å²) in [7, 11) is 0. The summed E-state index contributed by atoms with van der Waals surface area (Å²) in [5, 5.41) is 11.8. The van der Waals surface area contributed by atoms with E-state index in [2.05, 4.69) is 5.32 Å². The maximum Gasteiger partial charge on any atom is 0.251 e. The molecule has 0 radical (unpaired) electrons. The molecule has 0 aliphatic rings. The Kier molecular flexibility index (Phi) is 3.94. The van der Waals surface area contributed by atoms with Gasteiger partial charge in [0.15, 0.2) is 0 Å². The normalized spacial score (nSPS) is 12.2. The third-order valence-corrected chi connectivity index (χ3v) is 2.05. The van der Waals surface area contributed by atoms with E-state index in [9.17, 15) is 4.79 Å². The average Bonchev–Trinajstić information content (AvgIpc) is 2.16. The van der Waals surface area contributed by atoms with E-state index in [1.165, 1.54) is 12.1 Å². The molecule has 1 amide bonds. The number of benzene rings is 1. The fourth-order valence-corrected chi connectivity index (χ4v) is 1.34. The van der Waals surface area contributed by atoms with Crippen LogP contribution in [-0.4, -0.2) is 23.7 Å². The lowest BCUT2D eigenvalue weighted by molar-refractivity contribution is 0.0922. The van der Waals surface area contributed by atoms with Crippen LogP contribution in [0.5, 0.6) is 0 Å². The van der Waals surface area contributed by atoms with E-state index < -0.39 is 0 Å². The molecule has 0 fully saturated rings. The van der Waals surface area contributed by atoms with Crippen molar-refractivity contribution in [2.75, 3.05) is 12.3 Å². The number of carbonyl (C=O) groups is 1. The van der Waals surface area contributed by atoms with Gasteiger partial charge in [0.25, 0.3) is 5.91 Å². The third kappa shape index (κ3) is 3.42. The maximum absolute atomic E-state index is 11.6. The van der Waals surface area contributed by atoms with Gasteiger partial charge in [0.05, 0.1) is 6.61 Å². The summed E-state index contributed by atoms with van der Waals surface area (Å²) in [6.45, 7) is 1.59. The smallest absolute Gasteiger partial charge is 0.251 e. The van der Waals surface area contributed by atoms with E-state index in [1.807, 2.05) is 0 Å². The maximum atomic E-state index is 11.6. The highest BCUT2D eigenvalue weighted by atomic mass is 35.5.